The molecule has 1 heterocycles. The first-order valence-corrected chi connectivity index (χ1v) is 8.62. The smallest absolute Gasteiger partial charge is 0.301 e. The summed E-state index contributed by atoms with van der Waals surface area (Å²) in [6.07, 6.45) is 0.760. The monoisotopic (exact) mass is 313 g/mol. The van der Waals surface area contributed by atoms with Gasteiger partial charge in [-0.15, -0.1) is 0 Å². The maximum Gasteiger partial charge on any atom is 0.301 e. The zero-order valence-electron chi connectivity index (χ0n) is 12.5. The van der Waals surface area contributed by atoms with Gasteiger partial charge in [-0.25, -0.2) is 0 Å². The molecule has 0 radical (unpaired) electrons. The Morgan fingerprint density at radius 1 is 1.38 bits per heavy atom. The van der Waals surface area contributed by atoms with E-state index in [1.807, 2.05) is 24.3 Å². The molecular formula is C14H23N3O3S. The summed E-state index contributed by atoms with van der Waals surface area (Å²) in [5, 5.41) is 3.40. The van der Waals surface area contributed by atoms with Gasteiger partial charge in [-0.2, -0.15) is 13.1 Å². The molecule has 1 aliphatic heterocycles. The van der Waals surface area contributed by atoms with Gasteiger partial charge in [-0.1, -0.05) is 25.1 Å². The lowest BCUT2D eigenvalue weighted by molar-refractivity contribution is 0.204. The second-order valence-electron chi connectivity index (χ2n) is 4.92. The Morgan fingerprint density at radius 2 is 2.14 bits per heavy atom. The lowest BCUT2D eigenvalue weighted by Crippen LogP contribution is -2.46. The molecule has 21 heavy (non-hydrogen) atoms. The Kier molecular flexibility index (Phi) is 5.58. The van der Waals surface area contributed by atoms with Crippen molar-refractivity contribution in [1.29, 1.82) is 0 Å². The van der Waals surface area contributed by atoms with Crippen molar-refractivity contribution < 1.29 is 13.2 Å². The first kappa shape index (κ1) is 16.2. The van der Waals surface area contributed by atoms with Crippen LogP contribution in [-0.2, 0) is 14.9 Å². The van der Waals surface area contributed by atoms with Crippen molar-refractivity contribution in [3.63, 3.8) is 0 Å². The summed E-state index contributed by atoms with van der Waals surface area (Å²) in [6, 6.07) is 7.85. The maximum absolute atomic E-state index is 12.4. The summed E-state index contributed by atoms with van der Waals surface area (Å²) in [5.41, 5.74) is 1.78. The van der Waals surface area contributed by atoms with Crippen LogP contribution in [0.5, 0.6) is 0 Å². The molecule has 0 saturated carbocycles. The summed E-state index contributed by atoms with van der Waals surface area (Å²) >= 11 is 0. The lowest BCUT2D eigenvalue weighted by Gasteiger charge is -2.35. The number of fused-ring (bicyclic) bond motifs is 1. The number of nitrogens with one attached hydrogen (secondary N) is 2. The minimum atomic E-state index is -3.53. The van der Waals surface area contributed by atoms with E-state index in [0.717, 1.165) is 24.2 Å². The van der Waals surface area contributed by atoms with Crippen molar-refractivity contribution >= 4 is 15.9 Å². The van der Waals surface area contributed by atoms with Crippen molar-refractivity contribution in [2.24, 2.45) is 0 Å². The van der Waals surface area contributed by atoms with Crippen LogP contribution < -0.4 is 14.3 Å². The average Bonchev–Trinajstić information content (AvgIpc) is 2.48. The van der Waals surface area contributed by atoms with E-state index in [1.165, 1.54) is 4.31 Å². The maximum atomic E-state index is 12.4. The van der Waals surface area contributed by atoms with Crippen LogP contribution in [0, 0.1) is 0 Å². The molecule has 118 valence electrons. The quantitative estimate of drug-likeness (QED) is 0.738. The van der Waals surface area contributed by atoms with E-state index in [4.69, 9.17) is 4.74 Å². The largest absolute Gasteiger partial charge is 0.383 e. The zero-order valence-corrected chi connectivity index (χ0v) is 13.3. The highest BCUT2D eigenvalue weighted by molar-refractivity contribution is 7.90. The number of nitrogens with zero attached hydrogens (tertiary/aromatic N) is 1. The van der Waals surface area contributed by atoms with Crippen LogP contribution >= 0.6 is 0 Å². The van der Waals surface area contributed by atoms with E-state index < -0.39 is 10.2 Å². The van der Waals surface area contributed by atoms with Crippen molar-refractivity contribution in [3.8, 4) is 0 Å². The fourth-order valence-electron chi connectivity index (χ4n) is 2.59. The molecule has 0 bridgehead atoms. The van der Waals surface area contributed by atoms with Gasteiger partial charge in [0.25, 0.3) is 0 Å². The standard InChI is InChI=1S/C14H23N3O3S/c1-3-15-13-8-10-17(14-7-5-4-6-12(13)14)21(18,19)16-9-11-20-2/h4-7,13,15-16H,3,8-11H2,1-2H3. The lowest BCUT2D eigenvalue weighted by atomic mass is 9.98. The Hall–Kier alpha value is -1.15. The van der Waals surface area contributed by atoms with Crippen LogP contribution in [0.25, 0.3) is 0 Å². The number of rotatable bonds is 7. The zero-order chi connectivity index (χ0) is 15.3. The molecule has 2 rings (SSSR count). The van der Waals surface area contributed by atoms with Crippen LogP contribution in [0.4, 0.5) is 5.69 Å². The van der Waals surface area contributed by atoms with E-state index in [2.05, 4.69) is 17.0 Å². The molecule has 0 saturated heterocycles. The predicted molar refractivity (Wildman–Crippen MR) is 83.6 cm³/mol. The first-order chi connectivity index (χ1) is 10.1. The third kappa shape index (κ3) is 3.74. The molecule has 1 atom stereocenters. The normalized spacial score (nSPS) is 18.6. The number of methoxy groups -OCH3 is 1. The molecule has 0 spiro atoms. The second kappa shape index (κ2) is 7.22. The minimum absolute atomic E-state index is 0.205. The Morgan fingerprint density at radius 3 is 2.86 bits per heavy atom. The predicted octanol–water partition coefficient (Wildman–Crippen LogP) is 1.03. The Labute approximate surface area is 126 Å². The molecule has 6 nitrogen and oxygen atoms in total. The molecule has 1 aromatic carbocycles. The highest BCUT2D eigenvalue weighted by Gasteiger charge is 2.31. The van der Waals surface area contributed by atoms with E-state index in [0.29, 0.717) is 13.2 Å². The highest BCUT2D eigenvalue weighted by atomic mass is 32.2. The van der Waals surface area contributed by atoms with E-state index >= 15 is 0 Å². The highest BCUT2D eigenvalue weighted by Crippen LogP contribution is 2.34. The van der Waals surface area contributed by atoms with Crippen LogP contribution in [0.2, 0.25) is 0 Å². The van der Waals surface area contributed by atoms with Crippen molar-refractivity contribution in [1.82, 2.24) is 10.0 Å². The van der Waals surface area contributed by atoms with E-state index in [9.17, 15) is 8.42 Å². The third-order valence-electron chi connectivity index (χ3n) is 3.53. The van der Waals surface area contributed by atoms with Gasteiger partial charge in [0.05, 0.1) is 12.3 Å². The van der Waals surface area contributed by atoms with Crippen LogP contribution in [0.15, 0.2) is 24.3 Å². The molecule has 2 N–H and O–H groups in total. The molecule has 1 unspecified atom stereocenters. The SMILES string of the molecule is CCNC1CCN(S(=O)(=O)NCCOC)c2ccccc21. The van der Waals surface area contributed by atoms with Gasteiger partial charge < -0.3 is 10.1 Å². The van der Waals surface area contributed by atoms with Gasteiger partial charge in [-0.3, -0.25) is 4.31 Å². The van der Waals surface area contributed by atoms with Crippen molar-refractivity contribution in [3.05, 3.63) is 29.8 Å². The Balaban J connectivity index is 2.24. The second-order valence-corrected chi connectivity index (χ2v) is 6.60. The first-order valence-electron chi connectivity index (χ1n) is 7.18. The van der Waals surface area contributed by atoms with Gasteiger partial charge in [0.2, 0.25) is 0 Å². The summed E-state index contributed by atoms with van der Waals surface area (Å²) in [5.74, 6) is 0. The molecule has 0 fully saturated rings. The number of para-hydroxylation sites is 1. The van der Waals surface area contributed by atoms with Crippen LogP contribution in [-0.4, -0.2) is 41.8 Å². The molecule has 1 aromatic rings. The van der Waals surface area contributed by atoms with Crippen molar-refractivity contribution in [2.45, 2.75) is 19.4 Å². The van der Waals surface area contributed by atoms with E-state index in [-0.39, 0.29) is 12.6 Å². The van der Waals surface area contributed by atoms with Gasteiger partial charge in [0, 0.05) is 26.2 Å². The van der Waals surface area contributed by atoms with Gasteiger partial charge in [0.1, 0.15) is 0 Å². The number of hydrogen-bond acceptors (Lipinski definition) is 4. The molecule has 0 aromatic heterocycles. The van der Waals surface area contributed by atoms with Gasteiger partial charge >= 0.3 is 10.2 Å². The number of benzene rings is 1. The molecule has 0 amide bonds. The average molecular weight is 313 g/mol. The molecular weight excluding hydrogens is 290 g/mol. The topological polar surface area (TPSA) is 70.7 Å². The molecule has 1 aliphatic rings. The summed E-state index contributed by atoms with van der Waals surface area (Å²) < 4.78 is 33.8. The number of hydrogen-bond donors (Lipinski definition) is 2. The van der Waals surface area contributed by atoms with Gasteiger partial charge in [0.15, 0.2) is 0 Å². The fraction of sp³-hybridized carbons (Fsp3) is 0.571. The number of anilines is 1. The summed E-state index contributed by atoms with van der Waals surface area (Å²) in [7, 11) is -1.98. The summed E-state index contributed by atoms with van der Waals surface area (Å²) in [6.45, 7) is 4.01. The van der Waals surface area contributed by atoms with Gasteiger partial charge in [-0.05, 0) is 24.6 Å². The van der Waals surface area contributed by atoms with Crippen LogP contribution in [0.1, 0.15) is 24.9 Å². The third-order valence-corrected chi connectivity index (χ3v) is 5.06. The minimum Gasteiger partial charge on any atom is -0.383 e. The fourth-order valence-corrected chi connectivity index (χ4v) is 3.86. The summed E-state index contributed by atoms with van der Waals surface area (Å²) in [4.78, 5) is 0. The van der Waals surface area contributed by atoms with Crippen LogP contribution in [0.3, 0.4) is 0 Å². The van der Waals surface area contributed by atoms with Crippen molar-refractivity contribution in [2.75, 3.05) is 37.7 Å². The molecule has 0 aliphatic carbocycles. The molecule has 7 heteroatoms. The number of ether oxygens (including phenoxy) is 1. The van der Waals surface area contributed by atoms with E-state index in [1.54, 1.807) is 7.11 Å². The Bertz CT molecular complexity index is 562.